The normalized spacial score (nSPS) is 12.7. The molecule has 0 rings (SSSR count). The van der Waals surface area contributed by atoms with Crippen LogP contribution in [0.2, 0.25) is 0 Å². The monoisotopic (exact) mass is 958 g/mol. The van der Waals surface area contributed by atoms with Gasteiger partial charge in [-0.05, 0) is 57.8 Å². The number of carbonyl (C=O) groups is 2. The molecule has 0 aromatic carbocycles. The summed E-state index contributed by atoms with van der Waals surface area (Å²) in [5.41, 5.74) is 0. The fraction of sp³-hybridized carbons (Fsp3) is 0.903. The van der Waals surface area contributed by atoms with E-state index in [0.717, 1.165) is 44.9 Å². The first-order valence-electron chi connectivity index (χ1n) is 30.6. The molecule has 0 aliphatic carbocycles. The van der Waals surface area contributed by atoms with Gasteiger partial charge in [-0.1, -0.05) is 289 Å². The minimum absolute atomic E-state index is 0.0118. The molecule has 0 saturated carbocycles. The number of ether oxygens (including phenoxy) is 1. The highest BCUT2D eigenvalue weighted by Gasteiger charge is 2.20. The van der Waals surface area contributed by atoms with Crippen LogP contribution in [0.5, 0.6) is 0 Å². The van der Waals surface area contributed by atoms with Crippen molar-refractivity contribution in [1.82, 2.24) is 5.32 Å². The Morgan fingerprint density at radius 3 is 1.12 bits per heavy atom. The van der Waals surface area contributed by atoms with Crippen molar-refractivity contribution in [1.29, 1.82) is 0 Å². The molecule has 2 unspecified atom stereocenters. The molecule has 6 nitrogen and oxygen atoms in total. The molecular weight excluding hydrogens is 839 g/mol. The molecule has 0 aliphatic rings. The second kappa shape index (κ2) is 57.9. The minimum atomic E-state index is -0.663. The van der Waals surface area contributed by atoms with Crippen molar-refractivity contribution >= 4 is 11.9 Å². The highest BCUT2D eigenvalue weighted by molar-refractivity contribution is 5.76. The lowest BCUT2D eigenvalue weighted by Gasteiger charge is -2.22. The Labute approximate surface area is 424 Å². The average Bonchev–Trinajstić information content (AvgIpc) is 3.34. The van der Waals surface area contributed by atoms with E-state index in [0.29, 0.717) is 25.9 Å². The van der Waals surface area contributed by atoms with E-state index in [1.165, 1.54) is 257 Å². The summed E-state index contributed by atoms with van der Waals surface area (Å²) in [6.45, 7) is 4.95. The fourth-order valence-electron chi connectivity index (χ4n) is 9.55. The summed E-state index contributed by atoms with van der Waals surface area (Å²) in [6.07, 6.45) is 70.5. The number of esters is 1. The van der Waals surface area contributed by atoms with Crippen LogP contribution in [0.3, 0.4) is 0 Å². The maximum absolute atomic E-state index is 12.4. The van der Waals surface area contributed by atoms with Crippen molar-refractivity contribution in [3.8, 4) is 0 Å². The predicted octanol–water partition coefficient (Wildman–Crippen LogP) is 19.0. The molecule has 1 amide bonds. The fourth-order valence-corrected chi connectivity index (χ4v) is 9.55. The van der Waals surface area contributed by atoms with Crippen molar-refractivity contribution in [2.24, 2.45) is 0 Å². The maximum atomic E-state index is 12.4. The molecule has 6 heteroatoms. The highest BCUT2D eigenvalue weighted by atomic mass is 16.5. The lowest BCUT2D eigenvalue weighted by atomic mass is 10.0. The van der Waals surface area contributed by atoms with E-state index in [4.69, 9.17) is 4.74 Å². The van der Waals surface area contributed by atoms with E-state index >= 15 is 0 Å². The molecule has 402 valence electrons. The standard InChI is InChI=1S/C62H119NO5/c1-3-5-7-9-11-13-34-38-42-46-50-54-60(65)59(58-64)63-61(66)55-51-47-43-39-36-32-30-28-26-24-22-20-18-16-15-17-19-21-23-25-27-29-31-33-37-41-45-49-53-57-68-62(67)56-52-48-44-40-35-14-12-10-8-6-4-2/h15,17,21,23,59-60,64-65H,3-14,16,18-20,22,24-58H2,1-2H3,(H,63,66)/b17-15-,23-21-. The number of nitrogens with one attached hydrogen (secondary N) is 1. The van der Waals surface area contributed by atoms with Crippen molar-refractivity contribution in [2.75, 3.05) is 13.2 Å². The molecule has 3 N–H and O–H groups in total. The van der Waals surface area contributed by atoms with Crippen LogP contribution in [-0.2, 0) is 14.3 Å². The van der Waals surface area contributed by atoms with Crippen LogP contribution in [0.15, 0.2) is 24.3 Å². The number of carbonyl (C=O) groups excluding carboxylic acids is 2. The molecule has 68 heavy (non-hydrogen) atoms. The van der Waals surface area contributed by atoms with Crippen molar-refractivity contribution in [2.45, 2.75) is 347 Å². The molecule has 0 aliphatic heterocycles. The second-order valence-electron chi connectivity index (χ2n) is 21.0. The minimum Gasteiger partial charge on any atom is -0.466 e. The topological polar surface area (TPSA) is 95.9 Å². The van der Waals surface area contributed by atoms with Crippen LogP contribution in [0, 0.1) is 0 Å². The van der Waals surface area contributed by atoms with Gasteiger partial charge in [-0.2, -0.15) is 0 Å². The van der Waals surface area contributed by atoms with Gasteiger partial charge in [0.05, 0.1) is 25.4 Å². The Bertz CT molecular complexity index is 1060. The number of aliphatic hydroxyl groups is 2. The predicted molar refractivity (Wildman–Crippen MR) is 296 cm³/mol. The van der Waals surface area contributed by atoms with E-state index in [2.05, 4.69) is 43.5 Å². The summed E-state index contributed by atoms with van der Waals surface area (Å²) in [7, 11) is 0. The molecule has 2 atom stereocenters. The maximum Gasteiger partial charge on any atom is 0.305 e. The molecule has 0 fully saturated rings. The SMILES string of the molecule is CCCCCCCCCCCCCC(=O)OCCCCCCCCCCC/C=C\C/C=C\CCCCCCCCCCCCCCCC(=O)NC(CO)C(O)CCCCCCCCCCCCC. The van der Waals surface area contributed by atoms with Gasteiger partial charge in [0, 0.05) is 12.8 Å². The van der Waals surface area contributed by atoms with Crippen molar-refractivity contribution in [3.63, 3.8) is 0 Å². The zero-order valence-electron chi connectivity index (χ0n) is 45.9. The molecule has 0 bridgehead atoms. The Hall–Kier alpha value is -1.66. The summed E-state index contributed by atoms with van der Waals surface area (Å²) in [5, 5.41) is 23.2. The third-order valence-corrected chi connectivity index (χ3v) is 14.3. The highest BCUT2D eigenvalue weighted by Crippen LogP contribution is 2.17. The second-order valence-corrected chi connectivity index (χ2v) is 21.0. The van der Waals surface area contributed by atoms with Gasteiger partial charge in [-0.25, -0.2) is 0 Å². The lowest BCUT2D eigenvalue weighted by Crippen LogP contribution is -2.45. The number of hydrogen-bond acceptors (Lipinski definition) is 5. The van der Waals surface area contributed by atoms with Gasteiger partial charge >= 0.3 is 5.97 Å². The molecule has 0 aromatic heterocycles. The third-order valence-electron chi connectivity index (χ3n) is 14.3. The summed E-state index contributed by atoms with van der Waals surface area (Å²) in [6, 6.07) is -0.540. The van der Waals surface area contributed by atoms with E-state index in [1.54, 1.807) is 0 Å². The molecular formula is C62H119NO5. The van der Waals surface area contributed by atoms with Crippen LogP contribution in [-0.4, -0.2) is 47.4 Å². The largest absolute Gasteiger partial charge is 0.466 e. The Morgan fingerprint density at radius 2 is 0.735 bits per heavy atom. The molecule has 0 spiro atoms. The van der Waals surface area contributed by atoms with Crippen LogP contribution in [0.4, 0.5) is 0 Å². The third kappa shape index (κ3) is 53.7. The van der Waals surface area contributed by atoms with Gasteiger partial charge in [0.25, 0.3) is 0 Å². The molecule has 0 heterocycles. The van der Waals surface area contributed by atoms with E-state index in [1.807, 2.05) is 0 Å². The average molecular weight is 959 g/mol. The summed E-state index contributed by atoms with van der Waals surface area (Å²) >= 11 is 0. The first kappa shape index (κ1) is 66.3. The zero-order valence-corrected chi connectivity index (χ0v) is 45.9. The number of aliphatic hydroxyl groups excluding tert-OH is 2. The van der Waals surface area contributed by atoms with Gasteiger partial charge in [-0.15, -0.1) is 0 Å². The number of hydrogen-bond donors (Lipinski definition) is 3. The van der Waals surface area contributed by atoms with E-state index < -0.39 is 12.1 Å². The Morgan fingerprint density at radius 1 is 0.412 bits per heavy atom. The molecule has 0 aromatic rings. The molecule has 0 radical (unpaired) electrons. The van der Waals surface area contributed by atoms with Crippen LogP contribution >= 0.6 is 0 Å². The number of rotatable bonds is 57. The van der Waals surface area contributed by atoms with Crippen molar-refractivity contribution in [3.05, 3.63) is 24.3 Å². The van der Waals surface area contributed by atoms with Gasteiger partial charge in [0.2, 0.25) is 5.91 Å². The van der Waals surface area contributed by atoms with Crippen LogP contribution < -0.4 is 5.32 Å². The molecule has 0 saturated heterocycles. The van der Waals surface area contributed by atoms with Gasteiger partial charge < -0.3 is 20.3 Å². The first-order valence-corrected chi connectivity index (χ1v) is 30.6. The van der Waals surface area contributed by atoms with Gasteiger partial charge in [0.15, 0.2) is 0 Å². The summed E-state index contributed by atoms with van der Waals surface area (Å²) < 4.78 is 5.46. The summed E-state index contributed by atoms with van der Waals surface area (Å²) in [4.78, 5) is 24.4. The number of unbranched alkanes of at least 4 members (excludes halogenated alkanes) is 42. The lowest BCUT2D eigenvalue weighted by molar-refractivity contribution is -0.143. The summed E-state index contributed by atoms with van der Waals surface area (Å²) in [5.74, 6) is -0.0242. The van der Waals surface area contributed by atoms with Crippen molar-refractivity contribution < 1.29 is 24.5 Å². The first-order chi connectivity index (χ1) is 33.5. The Balaban J connectivity index is 3.39. The smallest absolute Gasteiger partial charge is 0.305 e. The number of allylic oxidation sites excluding steroid dienone is 4. The Kier molecular flexibility index (Phi) is 56.5. The quantitative estimate of drug-likeness (QED) is 0.0321. The van der Waals surface area contributed by atoms with Gasteiger partial charge in [-0.3, -0.25) is 9.59 Å². The zero-order chi connectivity index (χ0) is 49.3. The van der Waals surface area contributed by atoms with Crippen LogP contribution in [0.25, 0.3) is 0 Å². The van der Waals surface area contributed by atoms with Gasteiger partial charge in [0.1, 0.15) is 0 Å². The van der Waals surface area contributed by atoms with E-state index in [9.17, 15) is 19.8 Å². The van der Waals surface area contributed by atoms with E-state index in [-0.39, 0.29) is 18.5 Å². The number of amides is 1. The van der Waals surface area contributed by atoms with Crippen LogP contribution in [0.1, 0.15) is 335 Å².